The molecule has 1 rings (SSSR count). The highest BCUT2D eigenvalue weighted by atomic mass is 79.9. The molecule has 0 atom stereocenters. The largest absolute Gasteiger partial charge is 0.298 e. The van der Waals surface area contributed by atoms with Gasteiger partial charge in [-0.2, -0.15) is 4.39 Å². The van der Waals surface area contributed by atoms with Crippen LogP contribution < -0.4 is 0 Å². The monoisotopic (exact) mass is 267 g/mol. The van der Waals surface area contributed by atoms with Crippen molar-refractivity contribution in [3.8, 4) is 0 Å². The van der Waals surface area contributed by atoms with Crippen LogP contribution in [0.1, 0.15) is 27.9 Å². The molecule has 0 saturated carbocycles. The second kappa shape index (κ2) is 4.54. The average molecular weight is 268 g/mol. The van der Waals surface area contributed by atoms with Gasteiger partial charge in [0.05, 0.1) is 5.56 Å². The van der Waals surface area contributed by atoms with Crippen LogP contribution in [0.4, 0.5) is 13.2 Å². The van der Waals surface area contributed by atoms with Crippen molar-refractivity contribution in [1.82, 2.24) is 4.98 Å². The summed E-state index contributed by atoms with van der Waals surface area (Å²) in [6, 6.07) is 0. The van der Waals surface area contributed by atoms with Gasteiger partial charge in [-0.05, 0) is 5.56 Å². The van der Waals surface area contributed by atoms with Gasteiger partial charge in [-0.3, -0.25) is 4.79 Å². The molecule has 0 unspecified atom stereocenters. The Bertz CT molecular complexity index is 357. The molecule has 0 aliphatic rings. The highest BCUT2D eigenvalue weighted by molar-refractivity contribution is 9.08. The average Bonchev–Trinajstić information content (AvgIpc) is 2.16. The molecule has 0 spiro atoms. The van der Waals surface area contributed by atoms with Crippen LogP contribution in [-0.4, -0.2) is 11.3 Å². The Balaban J connectivity index is 3.42. The molecular formula is C8H5BrF3NO. The summed E-state index contributed by atoms with van der Waals surface area (Å²) in [4.78, 5) is 13.7. The van der Waals surface area contributed by atoms with Crippen LogP contribution in [0.15, 0.2) is 6.20 Å². The van der Waals surface area contributed by atoms with E-state index in [-0.39, 0.29) is 22.7 Å². The van der Waals surface area contributed by atoms with Crippen LogP contribution in [-0.2, 0) is 5.33 Å². The summed E-state index contributed by atoms with van der Waals surface area (Å²) >= 11 is 2.99. The quantitative estimate of drug-likeness (QED) is 0.479. The van der Waals surface area contributed by atoms with Crippen molar-refractivity contribution >= 4 is 22.2 Å². The van der Waals surface area contributed by atoms with Gasteiger partial charge in [0, 0.05) is 17.1 Å². The molecule has 0 amide bonds. The molecule has 0 fully saturated rings. The van der Waals surface area contributed by atoms with Crippen LogP contribution in [0.5, 0.6) is 0 Å². The minimum atomic E-state index is -3.04. The fraction of sp³-hybridized carbons (Fsp3) is 0.250. The van der Waals surface area contributed by atoms with Crippen molar-refractivity contribution < 1.29 is 18.0 Å². The van der Waals surface area contributed by atoms with Gasteiger partial charge >= 0.3 is 0 Å². The molecule has 1 heterocycles. The van der Waals surface area contributed by atoms with Crippen molar-refractivity contribution in [3.63, 3.8) is 0 Å². The summed E-state index contributed by atoms with van der Waals surface area (Å²) < 4.78 is 37.5. The van der Waals surface area contributed by atoms with E-state index < -0.39 is 17.9 Å². The Kier molecular flexibility index (Phi) is 3.62. The van der Waals surface area contributed by atoms with Crippen LogP contribution in [0.2, 0.25) is 0 Å². The molecule has 76 valence electrons. The Morgan fingerprint density at radius 1 is 1.57 bits per heavy atom. The molecule has 0 aliphatic carbocycles. The lowest BCUT2D eigenvalue weighted by molar-refractivity contribution is 0.110. The molecule has 6 heteroatoms. The summed E-state index contributed by atoms with van der Waals surface area (Å²) in [5.41, 5.74) is -1.02. The standard InChI is InChI=1S/C8H5BrF3NO/c9-1-4-2-13-8(12)6(7(10)11)5(4)3-14/h2-3,7H,1H2. The van der Waals surface area contributed by atoms with Gasteiger partial charge in [-0.25, -0.2) is 13.8 Å². The van der Waals surface area contributed by atoms with E-state index >= 15 is 0 Å². The molecule has 14 heavy (non-hydrogen) atoms. The second-order valence-electron chi connectivity index (χ2n) is 2.45. The van der Waals surface area contributed by atoms with Gasteiger partial charge in [-0.1, -0.05) is 15.9 Å². The number of rotatable bonds is 3. The molecule has 0 N–H and O–H groups in total. The molecule has 0 saturated heterocycles. The number of hydrogen-bond donors (Lipinski definition) is 0. The van der Waals surface area contributed by atoms with Crippen LogP contribution in [0, 0.1) is 5.95 Å². The lowest BCUT2D eigenvalue weighted by Crippen LogP contribution is -2.04. The predicted molar refractivity (Wildman–Crippen MR) is 47.2 cm³/mol. The molecule has 0 bridgehead atoms. The van der Waals surface area contributed by atoms with E-state index in [1.54, 1.807) is 0 Å². The van der Waals surface area contributed by atoms with E-state index in [4.69, 9.17) is 0 Å². The summed E-state index contributed by atoms with van der Waals surface area (Å²) in [6.45, 7) is 0. The lowest BCUT2D eigenvalue weighted by Gasteiger charge is -2.07. The number of halogens is 4. The fourth-order valence-electron chi connectivity index (χ4n) is 1.01. The van der Waals surface area contributed by atoms with Crippen LogP contribution in [0.25, 0.3) is 0 Å². The summed E-state index contributed by atoms with van der Waals surface area (Å²) in [6.07, 6.45) is -1.77. The van der Waals surface area contributed by atoms with Crippen molar-refractivity contribution in [2.24, 2.45) is 0 Å². The zero-order chi connectivity index (χ0) is 10.7. The smallest absolute Gasteiger partial charge is 0.268 e. The Morgan fingerprint density at radius 2 is 2.21 bits per heavy atom. The number of nitrogens with zero attached hydrogens (tertiary/aromatic N) is 1. The van der Waals surface area contributed by atoms with Crippen molar-refractivity contribution in [2.75, 3.05) is 0 Å². The van der Waals surface area contributed by atoms with Gasteiger partial charge in [0.25, 0.3) is 6.43 Å². The minimum Gasteiger partial charge on any atom is -0.298 e. The predicted octanol–water partition coefficient (Wildman–Crippen LogP) is 2.87. The zero-order valence-corrected chi connectivity index (χ0v) is 8.39. The summed E-state index contributed by atoms with van der Waals surface area (Å²) in [5.74, 6) is -1.30. The molecule has 0 aliphatic heterocycles. The summed E-state index contributed by atoms with van der Waals surface area (Å²) in [7, 11) is 0. The Hall–Kier alpha value is -0.910. The lowest BCUT2D eigenvalue weighted by atomic mass is 10.1. The Labute approximate surface area is 86.3 Å². The number of alkyl halides is 3. The van der Waals surface area contributed by atoms with Gasteiger partial charge in [0.1, 0.15) is 0 Å². The first-order valence-electron chi connectivity index (χ1n) is 3.58. The number of pyridine rings is 1. The first-order chi connectivity index (χ1) is 6.61. The van der Waals surface area contributed by atoms with Gasteiger partial charge in [0.15, 0.2) is 6.29 Å². The van der Waals surface area contributed by atoms with Crippen molar-refractivity contribution in [2.45, 2.75) is 11.8 Å². The van der Waals surface area contributed by atoms with E-state index in [0.717, 1.165) is 6.20 Å². The van der Waals surface area contributed by atoms with Crippen LogP contribution in [0.3, 0.4) is 0 Å². The minimum absolute atomic E-state index is 0.175. The number of aldehydes is 1. The zero-order valence-electron chi connectivity index (χ0n) is 6.81. The van der Waals surface area contributed by atoms with Gasteiger partial charge in [-0.15, -0.1) is 0 Å². The van der Waals surface area contributed by atoms with E-state index in [1.807, 2.05) is 0 Å². The normalized spacial score (nSPS) is 10.6. The number of hydrogen-bond acceptors (Lipinski definition) is 2. The molecule has 0 radical (unpaired) electrons. The van der Waals surface area contributed by atoms with E-state index in [9.17, 15) is 18.0 Å². The van der Waals surface area contributed by atoms with Crippen molar-refractivity contribution in [3.05, 3.63) is 28.8 Å². The van der Waals surface area contributed by atoms with Gasteiger partial charge < -0.3 is 0 Å². The Morgan fingerprint density at radius 3 is 2.64 bits per heavy atom. The first-order valence-corrected chi connectivity index (χ1v) is 4.70. The molecule has 2 nitrogen and oxygen atoms in total. The third kappa shape index (κ3) is 1.95. The third-order valence-electron chi connectivity index (χ3n) is 1.67. The van der Waals surface area contributed by atoms with Crippen LogP contribution >= 0.6 is 15.9 Å². The maximum Gasteiger partial charge on any atom is 0.268 e. The maximum atomic E-state index is 12.8. The molecule has 0 aromatic carbocycles. The second-order valence-corrected chi connectivity index (χ2v) is 3.01. The summed E-state index contributed by atoms with van der Waals surface area (Å²) in [5, 5.41) is 0.175. The topological polar surface area (TPSA) is 30.0 Å². The number of carbonyl (C=O) groups excluding carboxylic acids is 1. The van der Waals surface area contributed by atoms with E-state index in [0.29, 0.717) is 0 Å². The highest BCUT2D eigenvalue weighted by Crippen LogP contribution is 2.26. The fourth-order valence-corrected chi connectivity index (χ4v) is 1.46. The first kappa shape index (κ1) is 11.2. The molecule has 1 aromatic heterocycles. The third-order valence-corrected chi connectivity index (χ3v) is 2.28. The van der Waals surface area contributed by atoms with E-state index in [1.165, 1.54) is 0 Å². The molecular weight excluding hydrogens is 263 g/mol. The molecule has 1 aromatic rings. The van der Waals surface area contributed by atoms with E-state index in [2.05, 4.69) is 20.9 Å². The SMILES string of the molecule is O=Cc1c(CBr)cnc(F)c1C(F)F. The number of carbonyl (C=O) groups is 1. The highest BCUT2D eigenvalue weighted by Gasteiger charge is 2.21. The number of aromatic nitrogens is 1. The van der Waals surface area contributed by atoms with Gasteiger partial charge in [0.2, 0.25) is 5.95 Å². The maximum absolute atomic E-state index is 12.8. The van der Waals surface area contributed by atoms with Crippen molar-refractivity contribution in [1.29, 1.82) is 0 Å².